The van der Waals surface area contributed by atoms with E-state index in [-0.39, 0.29) is 11.5 Å². The molecular formula is C12H9NO3S2. The van der Waals surface area contributed by atoms with Crippen LogP contribution in [0.3, 0.4) is 0 Å². The molecule has 1 aromatic carbocycles. The van der Waals surface area contributed by atoms with E-state index in [2.05, 4.69) is 0 Å². The zero-order chi connectivity index (χ0) is 13.3. The molecule has 0 spiro atoms. The third-order valence-corrected chi connectivity index (χ3v) is 3.95. The number of thioether (sulfide) groups is 1. The van der Waals surface area contributed by atoms with Crippen LogP contribution in [0.15, 0.2) is 29.2 Å². The lowest BCUT2D eigenvalue weighted by molar-refractivity contribution is -0.121. The number of likely N-dealkylation sites (N-methyl/N-ethyl adjacent to an activating group) is 1. The van der Waals surface area contributed by atoms with Gasteiger partial charge in [0.25, 0.3) is 5.91 Å². The van der Waals surface area contributed by atoms with E-state index >= 15 is 0 Å². The van der Waals surface area contributed by atoms with Gasteiger partial charge < -0.3 is 5.11 Å². The average Bonchev–Trinajstić information content (AvgIpc) is 2.57. The van der Waals surface area contributed by atoms with Gasteiger partial charge >= 0.3 is 5.97 Å². The molecular weight excluding hydrogens is 270 g/mol. The Labute approximate surface area is 113 Å². The summed E-state index contributed by atoms with van der Waals surface area (Å²) in [6.07, 6.45) is 1.56. The lowest BCUT2D eigenvalue weighted by Gasteiger charge is -2.04. The summed E-state index contributed by atoms with van der Waals surface area (Å²) in [6.45, 7) is 0. The summed E-state index contributed by atoms with van der Waals surface area (Å²) in [6, 6.07) is 6.53. The van der Waals surface area contributed by atoms with E-state index < -0.39 is 5.97 Å². The summed E-state index contributed by atoms with van der Waals surface area (Å²) in [7, 11) is 1.60. The predicted molar refractivity (Wildman–Crippen MR) is 74.3 cm³/mol. The van der Waals surface area contributed by atoms with E-state index in [9.17, 15) is 9.59 Å². The van der Waals surface area contributed by atoms with Gasteiger partial charge in [0.05, 0.1) is 10.5 Å². The van der Waals surface area contributed by atoms with Crippen molar-refractivity contribution in [3.05, 3.63) is 40.3 Å². The summed E-state index contributed by atoms with van der Waals surface area (Å²) in [4.78, 5) is 24.7. The van der Waals surface area contributed by atoms with E-state index in [4.69, 9.17) is 17.3 Å². The fourth-order valence-corrected chi connectivity index (χ4v) is 2.67. The van der Waals surface area contributed by atoms with E-state index in [0.29, 0.717) is 14.8 Å². The molecule has 0 bridgehead atoms. The van der Waals surface area contributed by atoms with Crippen LogP contribution in [0.25, 0.3) is 6.08 Å². The molecule has 18 heavy (non-hydrogen) atoms. The monoisotopic (exact) mass is 279 g/mol. The van der Waals surface area contributed by atoms with Crippen molar-refractivity contribution in [3.8, 4) is 0 Å². The van der Waals surface area contributed by atoms with Crippen molar-refractivity contribution >= 4 is 46.3 Å². The molecule has 0 aliphatic carbocycles. The lowest BCUT2D eigenvalue weighted by Crippen LogP contribution is -2.22. The van der Waals surface area contributed by atoms with Crippen LogP contribution in [-0.4, -0.2) is 33.3 Å². The first-order valence-corrected chi connectivity index (χ1v) is 6.27. The molecule has 1 aliphatic rings. The molecule has 0 saturated carbocycles. The molecule has 0 atom stereocenters. The molecule has 0 unspecified atom stereocenters. The minimum Gasteiger partial charge on any atom is -0.478 e. The standard InChI is InChI=1S/C12H9NO3S2/c1-13-10(14)9(18-12(13)17)6-7-4-2-3-5-8(7)11(15)16/h2-6H,1H3,(H,15,16). The molecule has 92 valence electrons. The van der Waals surface area contributed by atoms with Gasteiger partial charge in [0.2, 0.25) is 0 Å². The van der Waals surface area contributed by atoms with Gasteiger partial charge in [-0.1, -0.05) is 42.2 Å². The van der Waals surface area contributed by atoms with Crippen LogP contribution in [0.5, 0.6) is 0 Å². The van der Waals surface area contributed by atoms with E-state index in [1.807, 2.05) is 0 Å². The number of benzene rings is 1. The summed E-state index contributed by atoms with van der Waals surface area (Å²) in [5, 5.41) is 9.05. The Morgan fingerprint density at radius 3 is 2.67 bits per heavy atom. The smallest absolute Gasteiger partial charge is 0.336 e. The fraction of sp³-hybridized carbons (Fsp3) is 0.0833. The molecule has 2 rings (SSSR count). The molecule has 1 heterocycles. The minimum absolute atomic E-state index is 0.166. The number of amides is 1. The molecule has 1 fully saturated rings. The van der Waals surface area contributed by atoms with Crippen LogP contribution >= 0.6 is 24.0 Å². The molecule has 1 N–H and O–H groups in total. The van der Waals surface area contributed by atoms with Gasteiger partial charge in [-0.25, -0.2) is 4.79 Å². The molecule has 1 aromatic rings. The van der Waals surface area contributed by atoms with Crippen molar-refractivity contribution in [2.45, 2.75) is 0 Å². The third-order valence-electron chi connectivity index (χ3n) is 2.46. The number of rotatable bonds is 2. The second-order valence-corrected chi connectivity index (χ2v) is 5.31. The zero-order valence-electron chi connectivity index (χ0n) is 9.41. The molecule has 0 aromatic heterocycles. The third kappa shape index (κ3) is 2.30. The molecule has 1 amide bonds. The first kappa shape index (κ1) is 12.8. The van der Waals surface area contributed by atoms with Gasteiger partial charge in [0, 0.05) is 7.05 Å². The van der Waals surface area contributed by atoms with Gasteiger partial charge in [-0.3, -0.25) is 9.69 Å². The van der Waals surface area contributed by atoms with E-state index in [1.165, 1.54) is 22.7 Å². The maximum absolute atomic E-state index is 11.8. The second-order valence-electron chi connectivity index (χ2n) is 3.63. The number of carbonyl (C=O) groups is 2. The first-order chi connectivity index (χ1) is 8.50. The number of carboxylic acid groups (broad SMARTS) is 1. The molecule has 1 aliphatic heterocycles. The Morgan fingerprint density at radius 1 is 1.44 bits per heavy atom. The Bertz CT molecular complexity index is 580. The number of carbonyl (C=O) groups excluding carboxylic acids is 1. The minimum atomic E-state index is -1.02. The summed E-state index contributed by atoms with van der Waals surface area (Å²) in [5.74, 6) is -1.22. The maximum Gasteiger partial charge on any atom is 0.336 e. The summed E-state index contributed by atoms with van der Waals surface area (Å²) in [5.41, 5.74) is 0.665. The average molecular weight is 279 g/mol. The van der Waals surface area contributed by atoms with Crippen LogP contribution in [-0.2, 0) is 4.79 Å². The second kappa shape index (κ2) is 4.91. The Kier molecular flexibility index (Phi) is 3.49. The SMILES string of the molecule is CN1C(=O)C(=Cc2ccccc2C(=O)O)SC1=S. The highest BCUT2D eigenvalue weighted by atomic mass is 32.2. The highest BCUT2D eigenvalue weighted by molar-refractivity contribution is 8.26. The van der Waals surface area contributed by atoms with Crippen LogP contribution in [0.1, 0.15) is 15.9 Å². The predicted octanol–water partition coefficient (Wildman–Crippen LogP) is 2.22. The van der Waals surface area contributed by atoms with Gasteiger partial charge in [0.15, 0.2) is 0 Å². The normalized spacial score (nSPS) is 17.6. The molecule has 4 nitrogen and oxygen atoms in total. The number of thiocarbonyl (C=S) groups is 1. The summed E-state index contributed by atoms with van der Waals surface area (Å²) >= 11 is 6.18. The van der Waals surface area contributed by atoms with Crippen molar-refractivity contribution in [1.82, 2.24) is 4.90 Å². The lowest BCUT2D eigenvalue weighted by atomic mass is 10.1. The summed E-state index contributed by atoms with van der Waals surface area (Å²) < 4.78 is 0.471. The Balaban J connectivity index is 2.43. The molecule has 0 radical (unpaired) electrons. The quantitative estimate of drug-likeness (QED) is 0.664. The maximum atomic E-state index is 11.8. The number of nitrogens with zero attached hydrogens (tertiary/aromatic N) is 1. The van der Waals surface area contributed by atoms with Crippen molar-refractivity contribution in [2.75, 3.05) is 7.05 Å². The van der Waals surface area contributed by atoms with Crippen molar-refractivity contribution in [1.29, 1.82) is 0 Å². The van der Waals surface area contributed by atoms with E-state index in [1.54, 1.807) is 31.3 Å². The topological polar surface area (TPSA) is 57.6 Å². The number of hydrogen-bond acceptors (Lipinski definition) is 4. The van der Waals surface area contributed by atoms with Crippen LogP contribution in [0.4, 0.5) is 0 Å². The van der Waals surface area contributed by atoms with Gasteiger partial charge in [-0.05, 0) is 17.7 Å². The van der Waals surface area contributed by atoms with E-state index in [0.717, 1.165) is 0 Å². The van der Waals surface area contributed by atoms with Crippen molar-refractivity contribution in [3.63, 3.8) is 0 Å². The molecule has 6 heteroatoms. The van der Waals surface area contributed by atoms with Crippen molar-refractivity contribution < 1.29 is 14.7 Å². The number of aromatic carboxylic acids is 1. The largest absolute Gasteiger partial charge is 0.478 e. The first-order valence-electron chi connectivity index (χ1n) is 5.04. The van der Waals surface area contributed by atoms with Crippen LogP contribution in [0.2, 0.25) is 0 Å². The number of carboxylic acids is 1. The van der Waals surface area contributed by atoms with Gasteiger partial charge in [-0.2, -0.15) is 0 Å². The van der Waals surface area contributed by atoms with Crippen molar-refractivity contribution in [2.24, 2.45) is 0 Å². The zero-order valence-corrected chi connectivity index (χ0v) is 11.0. The van der Waals surface area contributed by atoms with Gasteiger partial charge in [-0.15, -0.1) is 0 Å². The highest BCUT2D eigenvalue weighted by Gasteiger charge is 2.28. The van der Waals surface area contributed by atoms with Crippen LogP contribution < -0.4 is 0 Å². The fourth-order valence-electron chi connectivity index (χ4n) is 1.50. The van der Waals surface area contributed by atoms with Gasteiger partial charge in [0.1, 0.15) is 4.32 Å². The molecule has 1 saturated heterocycles. The highest BCUT2D eigenvalue weighted by Crippen LogP contribution is 2.31. The number of hydrogen-bond donors (Lipinski definition) is 1. The van der Waals surface area contributed by atoms with Crippen LogP contribution in [0, 0.1) is 0 Å². The Hall–Kier alpha value is -1.66. The Morgan fingerprint density at radius 2 is 2.11 bits per heavy atom.